The van der Waals surface area contributed by atoms with Gasteiger partial charge in [0.15, 0.2) is 0 Å². The predicted molar refractivity (Wildman–Crippen MR) is 116 cm³/mol. The maximum Gasteiger partial charge on any atom is 0.140 e. The second kappa shape index (κ2) is 7.48. The number of benzene rings is 2. The van der Waals surface area contributed by atoms with Crippen molar-refractivity contribution in [3.63, 3.8) is 0 Å². The van der Waals surface area contributed by atoms with E-state index in [0.717, 1.165) is 38.7 Å². The lowest BCUT2D eigenvalue weighted by atomic mass is 10.0. The van der Waals surface area contributed by atoms with E-state index in [2.05, 4.69) is 21.1 Å². The van der Waals surface area contributed by atoms with Gasteiger partial charge in [0, 0.05) is 36.8 Å². The molecule has 0 radical (unpaired) electrons. The van der Waals surface area contributed by atoms with Gasteiger partial charge in [-0.25, -0.2) is 4.98 Å². The molecule has 0 aliphatic rings. The molecule has 0 N–H and O–H groups in total. The van der Waals surface area contributed by atoms with E-state index in [4.69, 9.17) is 4.74 Å². The number of aryl methyl sites for hydroxylation is 1. The van der Waals surface area contributed by atoms with Crippen molar-refractivity contribution in [2.45, 2.75) is 6.61 Å². The van der Waals surface area contributed by atoms with Gasteiger partial charge in [0.2, 0.25) is 0 Å². The molecule has 142 valence electrons. The van der Waals surface area contributed by atoms with Crippen LogP contribution in [0.4, 0.5) is 0 Å². The van der Waals surface area contributed by atoms with Crippen LogP contribution in [0.1, 0.15) is 5.01 Å². The fourth-order valence-electron chi connectivity index (χ4n) is 3.28. The van der Waals surface area contributed by atoms with Crippen molar-refractivity contribution in [1.29, 1.82) is 0 Å². The summed E-state index contributed by atoms with van der Waals surface area (Å²) in [6.45, 7) is 0.463. The summed E-state index contributed by atoms with van der Waals surface area (Å²) in [4.78, 5) is 8.72. The Bertz CT molecular complexity index is 1230. The van der Waals surface area contributed by atoms with Crippen LogP contribution in [0.25, 0.3) is 32.6 Å². The number of hydrogen-bond acceptors (Lipinski definition) is 5. The SMILES string of the molecule is Cn1cc(-c2ccncc2)c(-c2ccc(OCc3nc4ccccc4s3)cc2)n1. The van der Waals surface area contributed by atoms with Crippen LogP contribution in [0.5, 0.6) is 5.75 Å². The minimum atomic E-state index is 0.463. The molecule has 0 saturated carbocycles. The van der Waals surface area contributed by atoms with Crippen LogP contribution >= 0.6 is 11.3 Å². The van der Waals surface area contributed by atoms with E-state index in [0.29, 0.717) is 6.61 Å². The summed E-state index contributed by atoms with van der Waals surface area (Å²) >= 11 is 1.66. The summed E-state index contributed by atoms with van der Waals surface area (Å²) in [5.41, 5.74) is 5.18. The van der Waals surface area contributed by atoms with Gasteiger partial charge in [-0.3, -0.25) is 9.67 Å². The summed E-state index contributed by atoms with van der Waals surface area (Å²) in [5, 5.41) is 5.62. The molecule has 5 nitrogen and oxygen atoms in total. The molecule has 0 fully saturated rings. The lowest BCUT2D eigenvalue weighted by Gasteiger charge is -2.06. The topological polar surface area (TPSA) is 52.8 Å². The second-order valence-corrected chi connectivity index (χ2v) is 7.80. The molecule has 0 saturated heterocycles. The van der Waals surface area contributed by atoms with Gasteiger partial charge in [-0.2, -0.15) is 5.10 Å². The van der Waals surface area contributed by atoms with Crippen molar-refractivity contribution in [3.05, 3.63) is 84.3 Å². The number of para-hydroxylation sites is 1. The standard InChI is InChI=1S/C23H18N4OS/c1-27-14-19(16-10-12-24-13-11-16)23(26-27)17-6-8-18(9-7-17)28-15-22-25-20-4-2-3-5-21(20)29-22/h2-14H,15H2,1H3. The maximum atomic E-state index is 5.95. The van der Waals surface area contributed by atoms with Crippen molar-refractivity contribution in [2.24, 2.45) is 7.05 Å². The Morgan fingerprint density at radius 2 is 1.72 bits per heavy atom. The third kappa shape index (κ3) is 3.62. The number of pyridine rings is 1. The average molecular weight is 398 g/mol. The van der Waals surface area contributed by atoms with Crippen molar-refractivity contribution < 1.29 is 4.74 Å². The zero-order valence-corrected chi connectivity index (χ0v) is 16.6. The first-order chi connectivity index (χ1) is 14.3. The highest BCUT2D eigenvalue weighted by Crippen LogP contribution is 2.31. The molecule has 5 rings (SSSR count). The molecule has 0 amide bonds. The van der Waals surface area contributed by atoms with Crippen LogP contribution in [0.15, 0.2) is 79.3 Å². The minimum absolute atomic E-state index is 0.463. The normalized spacial score (nSPS) is 11.1. The molecule has 0 aliphatic heterocycles. The summed E-state index contributed by atoms with van der Waals surface area (Å²) in [6.07, 6.45) is 5.62. The van der Waals surface area contributed by atoms with Crippen LogP contribution in [0.2, 0.25) is 0 Å². The van der Waals surface area contributed by atoms with Crippen molar-refractivity contribution in [1.82, 2.24) is 19.7 Å². The van der Waals surface area contributed by atoms with Crippen LogP contribution in [0, 0.1) is 0 Å². The van der Waals surface area contributed by atoms with Gasteiger partial charge in [0.1, 0.15) is 23.1 Å². The number of hydrogen-bond donors (Lipinski definition) is 0. The second-order valence-electron chi connectivity index (χ2n) is 6.69. The molecule has 5 aromatic rings. The van der Waals surface area contributed by atoms with E-state index in [-0.39, 0.29) is 0 Å². The first-order valence-corrected chi connectivity index (χ1v) is 10.1. The van der Waals surface area contributed by atoms with Gasteiger partial charge < -0.3 is 4.74 Å². The van der Waals surface area contributed by atoms with E-state index in [1.165, 1.54) is 4.70 Å². The molecule has 3 aromatic heterocycles. The zero-order chi connectivity index (χ0) is 19.6. The van der Waals surface area contributed by atoms with E-state index < -0.39 is 0 Å². The molecule has 0 bridgehead atoms. The number of rotatable bonds is 5. The monoisotopic (exact) mass is 398 g/mol. The summed E-state index contributed by atoms with van der Waals surface area (Å²) in [5.74, 6) is 0.814. The summed E-state index contributed by atoms with van der Waals surface area (Å²) in [7, 11) is 1.93. The number of ether oxygens (including phenoxy) is 1. The third-order valence-corrected chi connectivity index (χ3v) is 5.66. The zero-order valence-electron chi connectivity index (χ0n) is 15.8. The van der Waals surface area contributed by atoms with Gasteiger partial charge in [-0.15, -0.1) is 11.3 Å². The molecule has 2 aromatic carbocycles. The summed E-state index contributed by atoms with van der Waals surface area (Å²) in [6, 6.07) is 20.2. The first kappa shape index (κ1) is 17.6. The molecule has 0 atom stereocenters. The fourth-order valence-corrected chi connectivity index (χ4v) is 4.16. The van der Waals surface area contributed by atoms with Gasteiger partial charge in [0.25, 0.3) is 0 Å². The maximum absolute atomic E-state index is 5.95. The Labute approximate surface area is 172 Å². The van der Waals surface area contributed by atoms with Crippen molar-refractivity contribution in [2.75, 3.05) is 0 Å². The number of nitrogens with zero attached hydrogens (tertiary/aromatic N) is 4. The third-order valence-electron chi connectivity index (χ3n) is 4.65. The van der Waals surface area contributed by atoms with Crippen molar-refractivity contribution in [3.8, 4) is 28.1 Å². The molecular formula is C23H18N4OS. The number of thiazole rings is 1. The minimum Gasteiger partial charge on any atom is -0.486 e. The molecular weight excluding hydrogens is 380 g/mol. The Morgan fingerprint density at radius 3 is 2.52 bits per heavy atom. The van der Waals surface area contributed by atoms with Crippen LogP contribution < -0.4 is 4.74 Å². The molecule has 6 heteroatoms. The Balaban J connectivity index is 1.35. The summed E-state index contributed by atoms with van der Waals surface area (Å²) < 4.78 is 8.96. The van der Waals surface area contributed by atoms with Gasteiger partial charge in [0.05, 0.1) is 10.2 Å². The van der Waals surface area contributed by atoms with Crippen LogP contribution in [-0.2, 0) is 13.7 Å². The molecule has 0 spiro atoms. The lowest BCUT2D eigenvalue weighted by molar-refractivity contribution is 0.306. The molecule has 0 unspecified atom stereocenters. The molecule has 3 heterocycles. The van der Waals surface area contributed by atoms with E-state index in [9.17, 15) is 0 Å². The van der Waals surface area contributed by atoms with Crippen LogP contribution in [0.3, 0.4) is 0 Å². The Hall–Kier alpha value is -3.51. The highest BCUT2D eigenvalue weighted by Gasteiger charge is 2.12. The highest BCUT2D eigenvalue weighted by atomic mass is 32.1. The largest absolute Gasteiger partial charge is 0.486 e. The number of fused-ring (bicyclic) bond motifs is 1. The van der Waals surface area contributed by atoms with E-state index in [1.54, 1.807) is 23.7 Å². The first-order valence-electron chi connectivity index (χ1n) is 9.28. The van der Waals surface area contributed by atoms with Gasteiger partial charge in [-0.1, -0.05) is 12.1 Å². The lowest BCUT2D eigenvalue weighted by Crippen LogP contribution is -1.94. The Morgan fingerprint density at radius 1 is 0.931 bits per heavy atom. The Kier molecular flexibility index (Phi) is 4.54. The van der Waals surface area contributed by atoms with Gasteiger partial charge in [-0.05, 0) is 54.1 Å². The van der Waals surface area contributed by atoms with E-state index >= 15 is 0 Å². The quantitative estimate of drug-likeness (QED) is 0.401. The van der Waals surface area contributed by atoms with E-state index in [1.807, 2.05) is 72.5 Å². The molecule has 0 aliphatic carbocycles. The molecule has 29 heavy (non-hydrogen) atoms. The average Bonchev–Trinajstić information content (AvgIpc) is 3.36. The number of aromatic nitrogens is 4. The van der Waals surface area contributed by atoms with Gasteiger partial charge >= 0.3 is 0 Å². The predicted octanol–water partition coefficient (Wildman–Crippen LogP) is 5.34. The van der Waals surface area contributed by atoms with Crippen LogP contribution in [-0.4, -0.2) is 19.7 Å². The smallest absolute Gasteiger partial charge is 0.140 e. The van der Waals surface area contributed by atoms with Crippen molar-refractivity contribution >= 4 is 21.6 Å². The fraction of sp³-hybridized carbons (Fsp3) is 0.0870. The highest BCUT2D eigenvalue weighted by molar-refractivity contribution is 7.18.